The van der Waals surface area contributed by atoms with Gasteiger partial charge in [0, 0.05) is 18.3 Å². The first-order valence-electron chi connectivity index (χ1n) is 7.08. The summed E-state index contributed by atoms with van der Waals surface area (Å²) in [7, 11) is 0. The van der Waals surface area contributed by atoms with Gasteiger partial charge in [0.25, 0.3) is 0 Å². The monoisotopic (exact) mass is 257 g/mol. The number of nitriles is 1. The molecule has 0 amide bonds. The zero-order valence-corrected chi connectivity index (χ0v) is 11.9. The highest BCUT2D eigenvalue weighted by Crippen LogP contribution is 2.31. The van der Waals surface area contributed by atoms with Crippen molar-refractivity contribution in [2.75, 3.05) is 11.4 Å². The number of nitrogens with two attached hydrogens (primary N) is 1. The van der Waals surface area contributed by atoms with E-state index in [2.05, 4.69) is 42.2 Å². The van der Waals surface area contributed by atoms with E-state index < -0.39 is 5.54 Å². The summed E-state index contributed by atoms with van der Waals surface area (Å²) >= 11 is 0. The van der Waals surface area contributed by atoms with Crippen molar-refractivity contribution in [1.29, 1.82) is 5.26 Å². The van der Waals surface area contributed by atoms with Gasteiger partial charge < -0.3 is 10.6 Å². The van der Waals surface area contributed by atoms with Gasteiger partial charge >= 0.3 is 0 Å². The zero-order valence-electron chi connectivity index (χ0n) is 11.9. The van der Waals surface area contributed by atoms with E-state index in [1.165, 1.54) is 11.3 Å². The van der Waals surface area contributed by atoms with Crippen LogP contribution < -0.4 is 10.6 Å². The van der Waals surface area contributed by atoms with Crippen molar-refractivity contribution >= 4 is 5.69 Å². The summed E-state index contributed by atoms with van der Waals surface area (Å²) in [5.74, 6) is 0. The van der Waals surface area contributed by atoms with E-state index >= 15 is 0 Å². The van der Waals surface area contributed by atoms with Crippen molar-refractivity contribution in [2.24, 2.45) is 5.73 Å². The van der Waals surface area contributed by atoms with Crippen molar-refractivity contribution in [1.82, 2.24) is 0 Å². The quantitative estimate of drug-likeness (QED) is 0.825. The summed E-state index contributed by atoms with van der Waals surface area (Å²) in [6.45, 7) is 5.14. The molecule has 2 rings (SSSR count). The molecule has 1 aliphatic rings. The van der Waals surface area contributed by atoms with Crippen LogP contribution in [-0.4, -0.2) is 18.1 Å². The van der Waals surface area contributed by atoms with E-state index in [9.17, 15) is 0 Å². The van der Waals surface area contributed by atoms with Crippen LogP contribution in [0.2, 0.25) is 0 Å². The molecule has 2 atom stereocenters. The van der Waals surface area contributed by atoms with Crippen LogP contribution in [0, 0.1) is 11.3 Å². The fraction of sp³-hybridized carbons (Fsp3) is 0.562. The Kier molecular flexibility index (Phi) is 4.11. The molecule has 102 valence electrons. The normalized spacial score (nSPS) is 20.7. The number of hydrogen-bond acceptors (Lipinski definition) is 3. The van der Waals surface area contributed by atoms with Crippen molar-refractivity contribution in [3.8, 4) is 6.07 Å². The molecule has 0 fully saturated rings. The Morgan fingerprint density at radius 1 is 1.42 bits per heavy atom. The van der Waals surface area contributed by atoms with Gasteiger partial charge in [-0.25, -0.2) is 0 Å². The molecule has 0 aromatic heterocycles. The van der Waals surface area contributed by atoms with Crippen molar-refractivity contribution in [3.63, 3.8) is 0 Å². The van der Waals surface area contributed by atoms with Crippen molar-refractivity contribution < 1.29 is 0 Å². The predicted molar refractivity (Wildman–Crippen MR) is 79.0 cm³/mol. The molecule has 0 saturated carbocycles. The standard InChI is InChI=1S/C16H23N3/c1-13-11-14-7-3-4-8-15(14)19(13)10-6-5-9-16(2,18)12-17/h3-4,7-8,13H,5-6,9-11,18H2,1-2H3. The average Bonchev–Trinajstić information content (AvgIpc) is 2.71. The molecule has 0 aliphatic carbocycles. The number of anilines is 1. The molecule has 19 heavy (non-hydrogen) atoms. The first-order valence-corrected chi connectivity index (χ1v) is 7.08. The minimum Gasteiger partial charge on any atom is -0.368 e. The van der Waals surface area contributed by atoms with Crippen LogP contribution in [0.5, 0.6) is 0 Å². The maximum absolute atomic E-state index is 8.89. The van der Waals surface area contributed by atoms with E-state index in [4.69, 9.17) is 11.0 Å². The molecule has 2 unspecified atom stereocenters. The van der Waals surface area contributed by atoms with E-state index in [-0.39, 0.29) is 0 Å². The molecule has 3 nitrogen and oxygen atoms in total. The Morgan fingerprint density at radius 2 is 2.16 bits per heavy atom. The summed E-state index contributed by atoms with van der Waals surface area (Å²) in [6.07, 6.45) is 4.01. The topological polar surface area (TPSA) is 53.0 Å². The first kappa shape index (κ1) is 13.9. The number of hydrogen-bond donors (Lipinski definition) is 1. The van der Waals surface area contributed by atoms with E-state index in [1.807, 2.05) is 0 Å². The first-order chi connectivity index (χ1) is 9.03. The third-order valence-electron chi connectivity index (χ3n) is 3.95. The van der Waals surface area contributed by atoms with Gasteiger partial charge in [-0.1, -0.05) is 18.2 Å². The lowest BCUT2D eigenvalue weighted by Gasteiger charge is -2.25. The third-order valence-corrected chi connectivity index (χ3v) is 3.95. The van der Waals surface area contributed by atoms with Gasteiger partial charge in [-0.15, -0.1) is 0 Å². The molecule has 0 radical (unpaired) electrons. The second-order valence-corrected chi connectivity index (χ2v) is 5.86. The van der Waals surface area contributed by atoms with Crippen molar-refractivity contribution in [3.05, 3.63) is 29.8 Å². The Bertz CT molecular complexity index is 473. The number of nitrogens with zero attached hydrogens (tertiary/aromatic N) is 2. The van der Waals surface area contributed by atoms with E-state index in [0.29, 0.717) is 6.04 Å². The summed E-state index contributed by atoms with van der Waals surface area (Å²) in [5.41, 5.74) is 8.00. The summed E-state index contributed by atoms with van der Waals surface area (Å²) in [5, 5.41) is 8.89. The third kappa shape index (κ3) is 3.27. The molecular weight excluding hydrogens is 234 g/mol. The van der Waals surface area contributed by atoms with Crippen LogP contribution in [0.15, 0.2) is 24.3 Å². The maximum atomic E-state index is 8.89. The molecule has 0 saturated heterocycles. The lowest BCUT2D eigenvalue weighted by atomic mass is 9.98. The van der Waals surface area contributed by atoms with Gasteiger partial charge in [-0.3, -0.25) is 0 Å². The zero-order chi connectivity index (χ0) is 13.9. The fourth-order valence-electron chi connectivity index (χ4n) is 2.80. The molecule has 1 aromatic carbocycles. The highest BCUT2D eigenvalue weighted by molar-refractivity contribution is 5.59. The Hall–Kier alpha value is -1.53. The van der Waals surface area contributed by atoms with Crippen LogP contribution in [0.4, 0.5) is 5.69 Å². The number of fused-ring (bicyclic) bond motifs is 1. The van der Waals surface area contributed by atoms with Crippen LogP contribution in [0.1, 0.15) is 38.7 Å². The number of rotatable bonds is 5. The van der Waals surface area contributed by atoms with E-state index in [1.54, 1.807) is 6.92 Å². The van der Waals surface area contributed by atoms with Gasteiger partial charge in [-0.05, 0) is 51.2 Å². The molecule has 1 aliphatic heterocycles. The largest absolute Gasteiger partial charge is 0.368 e. The molecule has 0 bridgehead atoms. The summed E-state index contributed by atoms with van der Waals surface area (Å²) < 4.78 is 0. The predicted octanol–water partition coefficient (Wildman–Crippen LogP) is 2.85. The SMILES string of the molecule is CC1Cc2ccccc2N1CCCCC(C)(N)C#N. The van der Waals surface area contributed by atoms with Gasteiger partial charge in [0.2, 0.25) is 0 Å². The Morgan fingerprint density at radius 3 is 2.89 bits per heavy atom. The van der Waals surface area contributed by atoms with Gasteiger partial charge in [0.05, 0.1) is 6.07 Å². The van der Waals surface area contributed by atoms with E-state index in [0.717, 1.165) is 32.2 Å². The Labute approximate surface area is 116 Å². The number of unbranched alkanes of at least 4 members (excludes halogenated alkanes) is 1. The van der Waals surface area contributed by atoms with Gasteiger partial charge in [0.15, 0.2) is 0 Å². The molecule has 1 heterocycles. The lowest BCUT2D eigenvalue weighted by molar-refractivity contribution is 0.502. The average molecular weight is 257 g/mol. The summed E-state index contributed by atoms with van der Waals surface area (Å²) in [6, 6.07) is 11.4. The van der Waals surface area contributed by atoms with Gasteiger partial charge in [0.1, 0.15) is 5.54 Å². The minimum absolute atomic E-state index is 0.581. The molecule has 1 aromatic rings. The van der Waals surface area contributed by atoms with Crippen LogP contribution in [-0.2, 0) is 6.42 Å². The smallest absolute Gasteiger partial charge is 0.101 e. The van der Waals surface area contributed by atoms with Crippen molar-refractivity contribution in [2.45, 2.75) is 51.1 Å². The number of para-hydroxylation sites is 1. The molecular formula is C16H23N3. The maximum Gasteiger partial charge on any atom is 0.101 e. The molecule has 0 spiro atoms. The van der Waals surface area contributed by atoms with Crippen LogP contribution >= 0.6 is 0 Å². The minimum atomic E-state index is -0.672. The highest BCUT2D eigenvalue weighted by Gasteiger charge is 2.25. The Balaban J connectivity index is 1.86. The lowest BCUT2D eigenvalue weighted by Crippen LogP contribution is -2.34. The molecule has 2 N–H and O–H groups in total. The molecule has 3 heteroatoms. The second-order valence-electron chi connectivity index (χ2n) is 5.86. The van der Waals surface area contributed by atoms with Crippen LogP contribution in [0.3, 0.4) is 0 Å². The summed E-state index contributed by atoms with van der Waals surface area (Å²) in [4.78, 5) is 2.48. The highest BCUT2D eigenvalue weighted by atomic mass is 15.2. The van der Waals surface area contributed by atoms with Crippen LogP contribution in [0.25, 0.3) is 0 Å². The second kappa shape index (κ2) is 5.63. The van der Waals surface area contributed by atoms with Gasteiger partial charge in [-0.2, -0.15) is 5.26 Å². The fourth-order valence-corrected chi connectivity index (χ4v) is 2.80. The number of benzene rings is 1.